The first kappa shape index (κ1) is 16.9. The highest BCUT2D eigenvalue weighted by molar-refractivity contribution is 6.31. The van der Waals surface area contributed by atoms with Crippen molar-refractivity contribution < 1.29 is 14.1 Å². The number of rotatable bonds is 5. The molecule has 0 atom stereocenters. The molecule has 2 heterocycles. The molecule has 0 fully saturated rings. The normalized spacial score (nSPS) is 10.5. The van der Waals surface area contributed by atoms with E-state index in [4.69, 9.17) is 20.9 Å². The van der Waals surface area contributed by atoms with Crippen LogP contribution in [0.2, 0.25) is 5.02 Å². The van der Waals surface area contributed by atoms with Crippen molar-refractivity contribution in [3.63, 3.8) is 0 Å². The van der Waals surface area contributed by atoms with Gasteiger partial charge in [-0.2, -0.15) is 4.98 Å². The molecule has 0 aliphatic carbocycles. The van der Waals surface area contributed by atoms with Gasteiger partial charge in [0, 0.05) is 29.5 Å². The van der Waals surface area contributed by atoms with Crippen molar-refractivity contribution in [1.29, 1.82) is 0 Å². The Morgan fingerprint density at radius 1 is 1.28 bits per heavy atom. The van der Waals surface area contributed by atoms with Gasteiger partial charge in [-0.25, -0.2) is 0 Å². The number of carbonyl (C=O) groups is 1. The van der Waals surface area contributed by atoms with Crippen molar-refractivity contribution in [2.24, 2.45) is 0 Å². The number of carbonyl (C=O) groups excluding carboxylic acids is 1. The van der Waals surface area contributed by atoms with Crippen LogP contribution in [0.15, 0.2) is 47.2 Å². The Morgan fingerprint density at radius 3 is 2.72 bits per heavy atom. The molecule has 0 saturated heterocycles. The molecule has 0 N–H and O–H groups in total. The summed E-state index contributed by atoms with van der Waals surface area (Å²) in [5.74, 6) is 0.292. The van der Waals surface area contributed by atoms with Crippen LogP contribution < -0.4 is 9.64 Å². The predicted octanol–water partition coefficient (Wildman–Crippen LogP) is 3.46. The van der Waals surface area contributed by atoms with Crippen molar-refractivity contribution in [2.75, 3.05) is 18.6 Å². The number of benzene rings is 1. The second kappa shape index (κ2) is 7.31. The number of hydrogen-bond acceptors (Lipinski definition) is 6. The number of pyridine rings is 1. The first-order valence-corrected chi connectivity index (χ1v) is 7.91. The minimum atomic E-state index is -0.434. The van der Waals surface area contributed by atoms with Crippen molar-refractivity contribution in [1.82, 2.24) is 15.1 Å². The van der Waals surface area contributed by atoms with Gasteiger partial charge in [-0.05, 0) is 37.3 Å². The molecular weight excluding hydrogens is 344 g/mol. The molecule has 1 aromatic carbocycles. The van der Waals surface area contributed by atoms with Crippen LogP contribution in [0.1, 0.15) is 17.6 Å². The van der Waals surface area contributed by atoms with Gasteiger partial charge in [-0.15, -0.1) is 0 Å². The molecule has 0 unspecified atom stereocenters. The van der Waals surface area contributed by atoms with E-state index in [2.05, 4.69) is 15.1 Å². The molecule has 1 amide bonds. The van der Waals surface area contributed by atoms with E-state index in [9.17, 15) is 4.79 Å². The average Bonchev–Trinajstić information content (AvgIpc) is 3.13. The van der Waals surface area contributed by atoms with E-state index in [1.165, 1.54) is 12.0 Å². The van der Waals surface area contributed by atoms with Crippen molar-refractivity contribution >= 4 is 23.2 Å². The lowest BCUT2D eigenvalue weighted by molar-refractivity contribution is 0.0945. The Morgan fingerprint density at radius 2 is 2.04 bits per heavy atom. The second-order valence-electron chi connectivity index (χ2n) is 5.02. The molecule has 3 rings (SSSR count). The number of halogens is 1. The third-order valence-electron chi connectivity index (χ3n) is 3.54. The monoisotopic (exact) mass is 358 g/mol. The van der Waals surface area contributed by atoms with Crippen LogP contribution in [0.4, 0.5) is 5.69 Å². The van der Waals surface area contributed by atoms with E-state index >= 15 is 0 Å². The lowest BCUT2D eigenvalue weighted by Crippen LogP contribution is -2.31. The molecule has 128 valence electrons. The summed E-state index contributed by atoms with van der Waals surface area (Å²) < 4.78 is 10.5. The van der Waals surface area contributed by atoms with Crippen LogP contribution in [-0.2, 0) is 0 Å². The number of aromatic nitrogens is 3. The standard InChI is InChI=1S/C17H15ClN4O3/c1-3-22(13-10-12(18)4-5-14(13)24-2)17(23)16-20-15(21-25-16)11-6-8-19-9-7-11/h4-10H,3H2,1-2H3. The number of nitrogens with zero attached hydrogens (tertiary/aromatic N) is 4. The van der Waals surface area contributed by atoms with E-state index in [1.807, 2.05) is 6.92 Å². The molecule has 25 heavy (non-hydrogen) atoms. The summed E-state index contributed by atoms with van der Waals surface area (Å²) in [5.41, 5.74) is 1.24. The fourth-order valence-corrected chi connectivity index (χ4v) is 2.51. The molecule has 0 aliphatic heterocycles. The van der Waals surface area contributed by atoms with Gasteiger partial charge in [-0.1, -0.05) is 16.8 Å². The van der Waals surface area contributed by atoms with Crippen molar-refractivity contribution in [3.05, 3.63) is 53.6 Å². The highest BCUT2D eigenvalue weighted by Crippen LogP contribution is 2.32. The zero-order valence-electron chi connectivity index (χ0n) is 13.6. The first-order valence-electron chi connectivity index (χ1n) is 7.53. The molecule has 8 heteroatoms. The Labute approximate surface area is 149 Å². The molecule has 0 aliphatic rings. The molecule has 0 radical (unpaired) electrons. The minimum Gasteiger partial charge on any atom is -0.495 e. The molecule has 0 saturated carbocycles. The van der Waals surface area contributed by atoms with E-state index in [1.54, 1.807) is 42.7 Å². The zero-order valence-corrected chi connectivity index (χ0v) is 14.4. The number of hydrogen-bond donors (Lipinski definition) is 0. The fourth-order valence-electron chi connectivity index (χ4n) is 2.34. The van der Waals surface area contributed by atoms with Crippen molar-refractivity contribution in [2.45, 2.75) is 6.92 Å². The molecule has 0 bridgehead atoms. The third kappa shape index (κ3) is 3.46. The second-order valence-corrected chi connectivity index (χ2v) is 5.46. The van der Waals surface area contributed by atoms with E-state index in [0.29, 0.717) is 34.4 Å². The smallest absolute Gasteiger partial charge is 0.316 e. The molecule has 0 spiro atoms. The lowest BCUT2D eigenvalue weighted by Gasteiger charge is -2.21. The van der Waals surface area contributed by atoms with Crippen LogP contribution in [0.3, 0.4) is 0 Å². The Balaban J connectivity index is 1.94. The third-order valence-corrected chi connectivity index (χ3v) is 3.78. The summed E-state index contributed by atoms with van der Waals surface area (Å²) in [6, 6.07) is 8.51. The van der Waals surface area contributed by atoms with Gasteiger partial charge in [0.15, 0.2) is 0 Å². The van der Waals surface area contributed by atoms with Gasteiger partial charge >= 0.3 is 11.8 Å². The number of methoxy groups -OCH3 is 1. The fraction of sp³-hybridized carbons (Fsp3) is 0.176. The highest BCUT2D eigenvalue weighted by atomic mass is 35.5. The van der Waals surface area contributed by atoms with E-state index in [0.717, 1.165) is 0 Å². The van der Waals surface area contributed by atoms with E-state index in [-0.39, 0.29) is 5.89 Å². The number of anilines is 1. The molecule has 7 nitrogen and oxygen atoms in total. The van der Waals surface area contributed by atoms with Crippen LogP contribution in [-0.4, -0.2) is 34.7 Å². The summed E-state index contributed by atoms with van der Waals surface area (Å²) in [4.78, 5) is 22.4. The minimum absolute atomic E-state index is 0.115. The van der Waals surface area contributed by atoms with Gasteiger partial charge in [-0.3, -0.25) is 9.78 Å². The zero-order chi connectivity index (χ0) is 17.8. The number of amides is 1. The summed E-state index contributed by atoms with van der Waals surface area (Å²) in [7, 11) is 1.53. The Hall–Kier alpha value is -2.93. The summed E-state index contributed by atoms with van der Waals surface area (Å²) in [5, 5.41) is 4.35. The van der Waals surface area contributed by atoms with Crippen LogP contribution in [0, 0.1) is 0 Å². The van der Waals surface area contributed by atoms with Crippen molar-refractivity contribution in [3.8, 4) is 17.1 Å². The molecule has 3 aromatic rings. The quantitative estimate of drug-likeness (QED) is 0.694. The van der Waals surface area contributed by atoms with Gasteiger partial charge in [0.2, 0.25) is 5.82 Å². The van der Waals surface area contributed by atoms with Gasteiger partial charge in [0.1, 0.15) is 5.75 Å². The summed E-state index contributed by atoms with van der Waals surface area (Å²) in [6.07, 6.45) is 3.23. The maximum atomic E-state index is 12.8. The van der Waals surface area contributed by atoms with Crippen LogP contribution in [0.5, 0.6) is 5.75 Å². The summed E-state index contributed by atoms with van der Waals surface area (Å²) in [6.45, 7) is 2.21. The highest BCUT2D eigenvalue weighted by Gasteiger charge is 2.25. The Bertz CT molecular complexity index is 883. The predicted molar refractivity (Wildman–Crippen MR) is 92.9 cm³/mol. The average molecular weight is 359 g/mol. The Kier molecular flexibility index (Phi) is 4.95. The van der Waals surface area contributed by atoms with Gasteiger partial charge in [0.05, 0.1) is 12.8 Å². The maximum Gasteiger partial charge on any atom is 0.316 e. The SMILES string of the molecule is CCN(C(=O)c1nc(-c2ccncc2)no1)c1cc(Cl)ccc1OC. The van der Waals surface area contributed by atoms with Gasteiger partial charge in [0.25, 0.3) is 0 Å². The van der Waals surface area contributed by atoms with Crippen LogP contribution >= 0.6 is 11.6 Å². The maximum absolute atomic E-state index is 12.8. The lowest BCUT2D eigenvalue weighted by atomic mass is 10.2. The first-order chi connectivity index (χ1) is 12.1. The summed E-state index contributed by atoms with van der Waals surface area (Å²) >= 11 is 6.06. The molecular formula is C17H15ClN4O3. The number of ether oxygens (including phenoxy) is 1. The molecule has 2 aromatic heterocycles. The largest absolute Gasteiger partial charge is 0.495 e. The topological polar surface area (TPSA) is 81.4 Å². The van der Waals surface area contributed by atoms with Crippen LogP contribution in [0.25, 0.3) is 11.4 Å². The van der Waals surface area contributed by atoms with E-state index < -0.39 is 5.91 Å². The van der Waals surface area contributed by atoms with Gasteiger partial charge < -0.3 is 14.2 Å².